The molecule has 0 saturated heterocycles. The molecular formula is C17H20BrNS. The van der Waals surface area contributed by atoms with Crippen molar-refractivity contribution in [1.82, 2.24) is 0 Å². The molecule has 106 valence electrons. The lowest BCUT2D eigenvalue weighted by molar-refractivity contribution is 0.815. The zero-order valence-electron chi connectivity index (χ0n) is 12.1. The SMILES string of the molecule is CC(C)c1ccc(Sc2ccc([C@H](C)N)cc2Br)cc1. The standard InChI is InChI=1S/C17H20BrNS/c1-11(2)13-4-7-15(8-5-13)20-17-9-6-14(12(3)19)10-16(17)18/h4-12H,19H2,1-3H3/t12-/m0/s1. The summed E-state index contributed by atoms with van der Waals surface area (Å²) < 4.78 is 1.10. The minimum absolute atomic E-state index is 0.0654. The highest BCUT2D eigenvalue weighted by Crippen LogP contribution is 2.35. The minimum Gasteiger partial charge on any atom is -0.324 e. The Hall–Kier alpha value is -0.770. The number of halogens is 1. The average molecular weight is 350 g/mol. The summed E-state index contributed by atoms with van der Waals surface area (Å²) in [6, 6.07) is 15.2. The number of hydrogen-bond donors (Lipinski definition) is 1. The van der Waals surface area contributed by atoms with Crippen molar-refractivity contribution in [2.24, 2.45) is 5.73 Å². The molecule has 2 aromatic rings. The summed E-state index contributed by atoms with van der Waals surface area (Å²) in [5.74, 6) is 0.575. The molecule has 0 bridgehead atoms. The number of benzene rings is 2. The van der Waals surface area contributed by atoms with Gasteiger partial charge >= 0.3 is 0 Å². The van der Waals surface area contributed by atoms with Crippen LogP contribution < -0.4 is 5.73 Å². The molecule has 0 aromatic heterocycles. The van der Waals surface area contributed by atoms with Gasteiger partial charge in [0.2, 0.25) is 0 Å². The van der Waals surface area contributed by atoms with E-state index in [-0.39, 0.29) is 6.04 Å². The van der Waals surface area contributed by atoms with Gasteiger partial charge in [0.1, 0.15) is 0 Å². The van der Waals surface area contributed by atoms with E-state index in [4.69, 9.17) is 5.73 Å². The summed E-state index contributed by atoms with van der Waals surface area (Å²) in [6.07, 6.45) is 0. The van der Waals surface area contributed by atoms with Crippen molar-refractivity contribution in [3.8, 4) is 0 Å². The summed E-state index contributed by atoms with van der Waals surface area (Å²) in [6.45, 7) is 6.43. The second-order valence-corrected chi connectivity index (χ2v) is 7.27. The van der Waals surface area contributed by atoms with Crippen molar-refractivity contribution < 1.29 is 0 Å². The van der Waals surface area contributed by atoms with Crippen LogP contribution in [-0.4, -0.2) is 0 Å². The monoisotopic (exact) mass is 349 g/mol. The van der Waals surface area contributed by atoms with E-state index < -0.39 is 0 Å². The Bertz CT molecular complexity index is 576. The summed E-state index contributed by atoms with van der Waals surface area (Å²) in [5.41, 5.74) is 8.43. The second kappa shape index (κ2) is 6.79. The molecule has 0 aliphatic heterocycles. The van der Waals surface area contributed by atoms with E-state index in [9.17, 15) is 0 Å². The quantitative estimate of drug-likeness (QED) is 0.760. The van der Waals surface area contributed by atoms with Crippen LogP contribution in [0, 0.1) is 0 Å². The normalized spacial score (nSPS) is 12.7. The van der Waals surface area contributed by atoms with Gasteiger partial charge in [-0.1, -0.05) is 43.8 Å². The average Bonchev–Trinajstić information content (AvgIpc) is 2.41. The van der Waals surface area contributed by atoms with Crippen LogP contribution in [0.3, 0.4) is 0 Å². The lowest BCUT2D eigenvalue weighted by atomic mass is 10.0. The first-order valence-corrected chi connectivity index (χ1v) is 8.41. The van der Waals surface area contributed by atoms with E-state index in [1.54, 1.807) is 11.8 Å². The molecule has 0 aliphatic carbocycles. The predicted molar refractivity (Wildman–Crippen MR) is 91.4 cm³/mol. The Kier molecular flexibility index (Phi) is 5.30. The molecule has 2 rings (SSSR count). The van der Waals surface area contributed by atoms with Gasteiger partial charge in [-0.05, 0) is 64.2 Å². The van der Waals surface area contributed by atoms with Gasteiger partial charge < -0.3 is 5.73 Å². The Morgan fingerprint density at radius 3 is 2.05 bits per heavy atom. The third kappa shape index (κ3) is 3.87. The number of rotatable bonds is 4. The van der Waals surface area contributed by atoms with Crippen LogP contribution in [-0.2, 0) is 0 Å². The zero-order chi connectivity index (χ0) is 14.7. The van der Waals surface area contributed by atoms with Crippen molar-refractivity contribution >= 4 is 27.7 Å². The maximum atomic E-state index is 5.90. The third-order valence-electron chi connectivity index (χ3n) is 3.26. The van der Waals surface area contributed by atoms with Crippen LogP contribution in [0.5, 0.6) is 0 Å². The molecule has 0 amide bonds. The van der Waals surface area contributed by atoms with E-state index in [0.717, 1.165) is 10.0 Å². The Morgan fingerprint density at radius 2 is 1.55 bits per heavy atom. The van der Waals surface area contributed by atoms with Crippen molar-refractivity contribution in [2.75, 3.05) is 0 Å². The van der Waals surface area contributed by atoms with Gasteiger partial charge in [-0.3, -0.25) is 0 Å². The first-order valence-electron chi connectivity index (χ1n) is 6.80. The van der Waals surface area contributed by atoms with Crippen LogP contribution in [0.25, 0.3) is 0 Å². The van der Waals surface area contributed by atoms with Crippen molar-refractivity contribution in [2.45, 2.75) is 42.5 Å². The molecule has 0 unspecified atom stereocenters. The fourth-order valence-corrected chi connectivity index (χ4v) is 3.39. The van der Waals surface area contributed by atoms with Gasteiger partial charge in [0.05, 0.1) is 0 Å². The molecule has 2 aromatic carbocycles. The van der Waals surface area contributed by atoms with E-state index in [0.29, 0.717) is 5.92 Å². The van der Waals surface area contributed by atoms with E-state index in [2.05, 4.69) is 72.2 Å². The molecule has 0 saturated carbocycles. The lowest BCUT2D eigenvalue weighted by Crippen LogP contribution is -2.04. The fourth-order valence-electron chi connectivity index (χ4n) is 1.93. The van der Waals surface area contributed by atoms with Gasteiger partial charge in [0.25, 0.3) is 0 Å². The van der Waals surface area contributed by atoms with Gasteiger partial charge in [-0.2, -0.15) is 0 Å². The topological polar surface area (TPSA) is 26.0 Å². The minimum atomic E-state index is 0.0654. The van der Waals surface area contributed by atoms with Crippen LogP contribution >= 0.6 is 27.7 Å². The van der Waals surface area contributed by atoms with Gasteiger partial charge in [-0.15, -0.1) is 0 Å². The molecule has 0 spiro atoms. The van der Waals surface area contributed by atoms with Crippen molar-refractivity contribution in [1.29, 1.82) is 0 Å². The molecule has 0 radical (unpaired) electrons. The van der Waals surface area contributed by atoms with Crippen LogP contribution in [0.2, 0.25) is 0 Å². The maximum Gasteiger partial charge on any atom is 0.0318 e. The number of nitrogens with two attached hydrogens (primary N) is 1. The van der Waals surface area contributed by atoms with Gasteiger partial charge in [0.15, 0.2) is 0 Å². The molecule has 0 aliphatic rings. The molecule has 3 heteroatoms. The molecule has 0 heterocycles. The predicted octanol–water partition coefficient (Wildman–Crippen LogP) is 5.74. The highest BCUT2D eigenvalue weighted by atomic mass is 79.9. The van der Waals surface area contributed by atoms with Gasteiger partial charge in [-0.25, -0.2) is 0 Å². The molecule has 1 nitrogen and oxygen atoms in total. The Labute approximate surface area is 134 Å². The summed E-state index contributed by atoms with van der Waals surface area (Å²) in [4.78, 5) is 2.47. The number of hydrogen-bond acceptors (Lipinski definition) is 2. The molecule has 1 atom stereocenters. The van der Waals surface area contributed by atoms with Crippen molar-refractivity contribution in [3.05, 3.63) is 58.1 Å². The summed E-state index contributed by atoms with van der Waals surface area (Å²) in [5, 5.41) is 0. The Morgan fingerprint density at radius 1 is 0.950 bits per heavy atom. The van der Waals surface area contributed by atoms with Crippen LogP contribution in [0.4, 0.5) is 0 Å². The van der Waals surface area contributed by atoms with E-state index >= 15 is 0 Å². The Balaban J connectivity index is 2.17. The van der Waals surface area contributed by atoms with Crippen LogP contribution in [0.15, 0.2) is 56.7 Å². The molecule has 2 N–H and O–H groups in total. The first-order chi connectivity index (χ1) is 9.47. The smallest absolute Gasteiger partial charge is 0.0318 e. The zero-order valence-corrected chi connectivity index (χ0v) is 14.5. The molecule has 20 heavy (non-hydrogen) atoms. The van der Waals surface area contributed by atoms with Gasteiger partial charge in [0, 0.05) is 20.3 Å². The largest absolute Gasteiger partial charge is 0.324 e. The highest BCUT2D eigenvalue weighted by molar-refractivity contribution is 9.10. The van der Waals surface area contributed by atoms with Crippen molar-refractivity contribution in [3.63, 3.8) is 0 Å². The fraction of sp³-hybridized carbons (Fsp3) is 0.294. The second-order valence-electron chi connectivity index (χ2n) is 5.30. The summed E-state index contributed by atoms with van der Waals surface area (Å²) in [7, 11) is 0. The van der Waals surface area contributed by atoms with E-state index in [1.807, 2.05) is 6.92 Å². The highest BCUT2D eigenvalue weighted by Gasteiger charge is 2.07. The van der Waals surface area contributed by atoms with Crippen LogP contribution in [0.1, 0.15) is 43.9 Å². The lowest BCUT2D eigenvalue weighted by Gasteiger charge is -2.10. The third-order valence-corrected chi connectivity index (χ3v) is 5.26. The molecule has 0 fully saturated rings. The van der Waals surface area contributed by atoms with E-state index in [1.165, 1.54) is 15.4 Å². The summed E-state index contributed by atoms with van der Waals surface area (Å²) >= 11 is 5.40. The maximum absolute atomic E-state index is 5.90. The molecular weight excluding hydrogens is 330 g/mol. The first kappa shape index (κ1) is 15.6.